The predicted octanol–water partition coefficient (Wildman–Crippen LogP) is 1.88. The maximum absolute atomic E-state index is 12.3. The average Bonchev–Trinajstić information content (AvgIpc) is 3.24. The Morgan fingerprint density at radius 2 is 2.17 bits per heavy atom. The molecule has 0 bridgehead atoms. The van der Waals surface area contributed by atoms with Gasteiger partial charge < -0.3 is 15.5 Å². The van der Waals surface area contributed by atoms with Crippen LogP contribution in [0.3, 0.4) is 0 Å². The first kappa shape index (κ1) is 17.3. The summed E-state index contributed by atoms with van der Waals surface area (Å²) in [5.41, 5.74) is 0.880. The van der Waals surface area contributed by atoms with E-state index in [0.29, 0.717) is 25.4 Å². The van der Waals surface area contributed by atoms with Crippen molar-refractivity contribution in [2.75, 3.05) is 37.3 Å². The van der Waals surface area contributed by atoms with Crippen LogP contribution >= 0.6 is 11.8 Å². The summed E-state index contributed by atoms with van der Waals surface area (Å²) in [4.78, 5) is 27.5. The second-order valence-corrected chi connectivity index (χ2v) is 7.42. The summed E-state index contributed by atoms with van der Waals surface area (Å²) < 4.78 is 0. The summed E-state index contributed by atoms with van der Waals surface area (Å²) in [6.07, 6.45) is 4.54. The number of benzene rings is 1. The molecule has 0 spiro atoms. The fourth-order valence-electron chi connectivity index (χ4n) is 3.40. The van der Waals surface area contributed by atoms with Gasteiger partial charge in [0.25, 0.3) is 0 Å². The van der Waals surface area contributed by atoms with Gasteiger partial charge >= 0.3 is 0 Å². The van der Waals surface area contributed by atoms with Gasteiger partial charge in [0.1, 0.15) is 0 Å². The Hall–Kier alpha value is -1.53. The predicted molar refractivity (Wildman–Crippen MR) is 97.3 cm³/mol. The van der Waals surface area contributed by atoms with Gasteiger partial charge in [0.05, 0.1) is 5.92 Å². The number of hydrogen-bond acceptors (Lipinski definition) is 4. The SMILES string of the molecule is CSc1ccc(N2CC(C(=O)NCCC3CCNC3)CC2=O)cc1. The molecular formula is C18H25N3O2S. The molecule has 2 N–H and O–H groups in total. The number of amides is 2. The van der Waals surface area contributed by atoms with E-state index in [1.807, 2.05) is 30.5 Å². The first-order chi connectivity index (χ1) is 11.7. The van der Waals surface area contributed by atoms with Crippen molar-refractivity contribution >= 4 is 29.3 Å². The normalized spacial score (nSPS) is 23.7. The Morgan fingerprint density at radius 1 is 1.38 bits per heavy atom. The summed E-state index contributed by atoms with van der Waals surface area (Å²) in [5.74, 6) is 0.478. The summed E-state index contributed by atoms with van der Waals surface area (Å²) in [6.45, 7) is 3.32. The minimum absolute atomic E-state index is 0.0116. The molecule has 2 amide bonds. The lowest BCUT2D eigenvalue weighted by atomic mass is 10.0. The maximum atomic E-state index is 12.3. The number of carbonyl (C=O) groups is 2. The van der Waals surface area contributed by atoms with Crippen LogP contribution in [0, 0.1) is 11.8 Å². The molecule has 3 rings (SSSR count). The number of nitrogens with one attached hydrogen (secondary N) is 2. The van der Waals surface area contributed by atoms with Gasteiger partial charge in [-0.25, -0.2) is 0 Å². The third-order valence-electron chi connectivity index (χ3n) is 4.89. The maximum Gasteiger partial charge on any atom is 0.227 e. The van der Waals surface area contributed by atoms with Crippen molar-refractivity contribution < 1.29 is 9.59 Å². The lowest BCUT2D eigenvalue weighted by Gasteiger charge is -2.17. The highest BCUT2D eigenvalue weighted by Crippen LogP contribution is 2.27. The van der Waals surface area contributed by atoms with E-state index < -0.39 is 0 Å². The molecule has 6 heteroatoms. The second-order valence-electron chi connectivity index (χ2n) is 6.54. The summed E-state index contributed by atoms with van der Waals surface area (Å²) in [5, 5.41) is 6.35. The quantitative estimate of drug-likeness (QED) is 0.772. The standard InChI is InChI=1S/C18H25N3O2S/c1-24-16-4-2-15(3-5-16)21-12-14(10-17(21)22)18(23)20-9-7-13-6-8-19-11-13/h2-5,13-14,19H,6-12H2,1H3,(H,20,23). The number of nitrogens with zero attached hydrogens (tertiary/aromatic N) is 1. The fraction of sp³-hybridized carbons (Fsp3) is 0.556. The van der Waals surface area contributed by atoms with E-state index in [-0.39, 0.29) is 17.7 Å². The van der Waals surface area contributed by atoms with Crippen LogP contribution in [-0.2, 0) is 9.59 Å². The van der Waals surface area contributed by atoms with Crippen molar-refractivity contribution in [2.45, 2.75) is 24.2 Å². The monoisotopic (exact) mass is 347 g/mol. The molecule has 2 unspecified atom stereocenters. The van der Waals surface area contributed by atoms with Crippen LogP contribution in [0.25, 0.3) is 0 Å². The summed E-state index contributed by atoms with van der Waals surface area (Å²) >= 11 is 1.67. The van der Waals surface area contributed by atoms with E-state index in [1.54, 1.807) is 16.7 Å². The lowest BCUT2D eigenvalue weighted by Crippen LogP contribution is -2.34. The minimum atomic E-state index is -0.237. The third-order valence-corrected chi connectivity index (χ3v) is 5.64. The molecule has 1 aromatic rings. The van der Waals surface area contributed by atoms with Crippen LogP contribution in [-0.4, -0.2) is 44.2 Å². The van der Waals surface area contributed by atoms with Crippen LogP contribution in [0.2, 0.25) is 0 Å². The number of anilines is 1. The minimum Gasteiger partial charge on any atom is -0.356 e. The Bertz CT molecular complexity index is 584. The van der Waals surface area contributed by atoms with Crippen molar-refractivity contribution in [1.29, 1.82) is 0 Å². The molecule has 2 heterocycles. The van der Waals surface area contributed by atoms with Crippen molar-refractivity contribution in [3.63, 3.8) is 0 Å². The van der Waals surface area contributed by atoms with E-state index >= 15 is 0 Å². The van der Waals surface area contributed by atoms with E-state index in [0.717, 1.165) is 25.2 Å². The Balaban J connectivity index is 1.50. The first-order valence-electron chi connectivity index (χ1n) is 8.60. The molecule has 1 aromatic carbocycles. The molecule has 24 heavy (non-hydrogen) atoms. The topological polar surface area (TPSA) is 61.4 Å². The highest BCUT2D eigenvalue weighted by atomic mass is 32.2. The zero-order valence-corrected chi connectivity index (χ0v) is 14.9. The van der Waals surface area contributed by atoms with Crippen LogP contribution in [0.1, 0.15) is 19.3 Å². The highest BCUT2D eigenvalue weighted by Gasteiger charge is 2.35. The van der Waals surface area contributed by atoms with Gasteiger partial charge in [-0.15, -0.1) is 11.8 Å². The van der Waals surface area contributed by atoms with Crippen molar-refractivity contribution in [2.24, 2.45) is 11.8 Å². The molecule has 2 aliphatic heterocycles. The fourth-order valence-corrected chi connectivity index (χ4v) is 3.81. The average molecular weight is 347 g/mol. The zero-order valence-electron chi connectivity index (χ0n) is 14.1. The van der Waals surface area contributed by atoms with Crippen LogP contribution < -0.4 is 15.5 Å². The van der Waals surface area contributed by atoms with Crippen LogP contribution in [0.15, 0.2) is 29.2 Å². The Morgan fingerprint density at radius 3 is 2.83 bits per heavy atom. The van der Waals surface area contributed by atoms with E-state index in [9.17, 15) is 9.59 Å². The third kappa shape index (κ3) is 4.11. The van der Waals surface area contributed by atoms with Gasteiger partial charge in [-0.05, 0) is 62.4 Å². The van der Waals surface area contributed by atoms with Crippen molar-refractivity contribution in [1.82, 2.24) is 10.6 Å². The van der Waals surface area contributed by atoms with Crippen molar-refractivity contribution in [3.05, 3.63) is 24.3 Å². The number of carbonyl (C=O) groups excluding carboxylic acids is 2. The molecule has 2 aliphatic rings. The molecule has 0 aromatic heterocycles. The van der Waals surface area contributed by atoms with Gasteiger partial charge in [-0.2, -0.15) is 0 Å². The van der Waals surface area contributed by atoms with E-state index in [2.05, 4.69) is 10.6 Å². The van der Waals surface area contributed by atoms with Gasteiger partial charge in [0.2, 0.25) is 11.8 Å². The van der Waals surface area contributed by atoms with Crippen molar-refractivity contribution in [3.8, 4) is 0 Å². The molecule has 0 aliphatic carbocycles. The number of rotatable bonds is 6. The van der Waals surface area contributed by atoms with E-state index in [4.69, 9.17) is 0 Å². The van der Waals surface area contributed by atoms with Crippen LogP contribution in [0.5, 0.6) is 0 Å². The van der Waals surface area contributed by atoms with Gasteiger partial charge in [-0.3, -0.25) is 9.59 Å². The molecule has 0 radical (unpaired) electrons. The lowest BCUT2D eigenvalue weighted by molar-refractivity contribution is -0.126. The van der Waals surface area contributed by atoms with Gasteiger partial charge in [0, 0.05) is 30.1 Å². The van der Waals surface area contributed by atoms with Gasteiger partial charge in [0.15, 0.2) is 0 Å². The smallest absolute Gasteiger partial charge is 0.227 e. The molecule has 5 nitrogen and oxygen atoms in total. The summed E-state index contributed by atoms with van der Waals surface area (Å²) in [6, 6.07) is 7.93. The molecule has 2 saturated heterocycles. The highest BCUT2D eigenvalue weighted by molar-refractivity contribution is 7.98. The molecule has 130 valence electrons. The second kappa shape index (κ2) is 8.03. The molecule has 2 fully saturated rings. The molecule has 2 atom stereocenters. The zero-order chi connectivity index (χ0) is 16.9. The van der Waals surface area contributed by atoms with E-state index in [1.165, 1.54) is 11.3 Å². The first-order valence-corrected chi connectivity index (χ1v) is 9.82. The summed E-state index contributed by atoms with van der Waals surface area (Å²) in [7, 11) is 0. The number of thioether (sulfide) groups is 1. The Labute approximate surface area is 147 Å². The Kier molecular flexibility index (Phi) is 5.79. The van der Waals surface area contributed by atoms with Crippen LogP contribution in [0.4, 0.5) is 5.69 Å². The molecule has 0 saturated carbocycles. The van der Waals surface area contributed by atoms with Gasteiger partial charge in [-0.1, -0.05) is 0 Å². The largest absolute Gasteiger partial charge is 0.356 e. The number of hydrogen-bond donors (Lipinski definition) is 2. The molecular weight excluding hydrogens is 322 g/mol.